The summed E-state index contributed by atoms with van der Waals surface area (Å²) in [5.74, 6) is 1.42. The van der Waals surface area contributed by atoms with E-state index >= 15 is 0 Å². The van der Waals surface area contributed by atoms with Gasteiger partial charge in [-0.1, -0.05) is 43.3 Å². The summed E-state index contributed by atoms with van der Waals surface area (Å²) >= 11 is 0. The minimum Gasteiger partial charge on any atom is -0.289 e. The maximum absolute atomic E-state index is 3.96. The van der Waals surface area contributed by atoms with E-state index in [4.69, 9.17) is 0 Å². The van der Waals surface area contributed by atoms with Crippen molar-refractivity contribution >= 4 is 0 Å². The predicted molar refractivity (Wildman–Crippen MR) is 81.2 cm³/mol. The third-order valence-electron chi connectivity index (χ3n) is 4.91. The smallest absolute Gasteiger partial charge is 0.0360 e. The van der Waals surface area contributed by atoms with Gasteiger partial charge in [-0.05, 0) is 29.9 Å². The van der Waals surface area contributed by atoms with E-state index in [1.165, 1.54) is 6.42 Å². The fraction of sp³-hybridized carbons (Fsp3) is 0.444. The molecule has 3 aliphatic rings. The lowest BCUT2D eigenvalue weighted by Crippen LogP contribution is -2.52. The standard InChI is InChI=1S/C18H23N/c1-4-8-16-18-13(3)12-17(19(16)11-5-2)14-9-6-7-10-15(14)18/h4-7,9-10,13,16-18H,1-2,8,11-12H2,3H3/t13-,16+,17+,18+/m0/s1. The van der Waals surface area contributed by atoms with Crippen molar-refractivity contribution in [2.24, 2.45) is 5.92 Å². The van der Waals surface area contributed by atoms with Crippen LogP contribution in [-0.4, -0.2) is 17.5 Å². The fourth-order valence-corrected chi connectivity index (χ4v) is 4.25. The minimum atomic E-state index is 0.569. The molecular weight excluding hydrogens is 230 g/mol. The van der Waals surface area contributed by atoms with Gasteiger partial charge in [0.25, 0.3) is 0 Å². The first-order valence-electron chi connectivity index (χ1n) is 7.34. The molecule has 0 aromatic heterocycles. The van der Waals surface area contributed by atoms with Crippen molar-refractivity contribution in [3.63, 3.8) is 0 Å². The summed E-state index contributed by atoms with van der Waals surface area (Å²) in [5.41, 5.74) is 3.13. The van der Waals surface area contributed by atoms with Crippen molar-refractivity contribution < 1.29 is 0 Å². The largest absolute Gasteiger partial charge is 0.289 e. The lowest BCUT2D eigenvalue weighted by Gasteiger charge is -2.55. The van der Waals surface area contributed by atoms with Gasteiger partial charge in [0.15, 0.2) is 0 Å². The predicted octanol–water partition coefficient (Wildman–Crippen LogP) is 4.30. The molecule has 0 amide bonds. The Kier molecular flexibility index (Phi) is 3.32. The molecule has 0 N–H and O–H groups in total. The third-order valence-corrected chi connectivity index (χ3v) is 4.91. The Morgan fingerprint density at radius 1 is 1.21 bits per heavy atom. The summed E-state index contributed by atoms with van der Waals surface area (Å²) in [4.78, 5) is 2.64. The summed E-state index contributed by atoms with van der Waals surface area (Å²) in [6, 6.07) is 10.2. The molecule has 0 radical (unpaired) electrons. The van der Waals surface area contributed by atoms with E-state index in [1.54, 1.807) is 11.1 Å². The molecule has 2 aliphatic heterocycles. The van der Waals surface area contributed by atoms with Crippen LogP contribution < -0.4 is 0 Å². The van der Waals surface area contributed by atoms with Crippen LogP contribution in [0.25, 0.3) is 0 Å². The second-order valence-corrected chi connectivity index (χ2v) is 5.96. The first kappa shape index (κ1) is 12.7. The highest BCUT2D eigenvalue weighted by Crippen LogP contribution is 2.53. The minimum absolute atomic E-state index is 0.569. The number of nitrogens with zero attached hydrogens (tertiary/aromatic N) is 1. The number of piperidine rings is 1. The molecule has 0 spiro atoms. The van der Waals surface area contributed by atoms with Crippen LogP contribution >= 0.6 is 0 Å². The van der Waals surface area contributed by atoms with Gasteiger partial charge in [0, 0.05) is 24.5 Å². The van der Waals surface area contributed by atoms with Crippen LogP contribution in [0, 0.1) is 5.92 Å². The SMILES string of the molecule is C=CC[C@@H]1[C@H]2c3ccccc3[C@@H](C[C@@H]2C)N1CC=C. The number of rotatable bonds is 4. The zero-order valence-corrected chi connectivity index (χ0v) is 11.8. The molecule has 2 bridgehead atoms. The van der Waals surface area contributed by atoms with Gasteiger partial charge in [-0.3, -0.25) is 4.90 Å². The molecular formula is C18H23N. The Hall–Kier alpha value is -1.34. The van der Waals surface area contributed by atoms with E-state index in [-0.39, 0.29) is 0 Å². The van der Waals surface area contributed by atoms with Gasteiger partial charge < -0.3 is 0 Å². The molecule has 19 heavy (non-hydrogen) atoms. The average Bonchev–Trinajstić information content (AvgIpc) is 2.42. The summed E-state index contributed by atoms with van der Waals surface area (Å²) in [5, 5.41) is 0. The van der Waals surface area contributed by atoms with Gasteiger partial charge in [-0.2, -0.15) is 0 Å². The molecule has 0 saturated carbocycles. The lowest BCUT2D eigenvalue weighted by molar-refractivity contribution is 0.0281. The molecule has 1 saturated heterocycles. The Bertz CT molecular complexity index is 490. The van der Waals surface area contributed by atoms with Crippen molar-refractivity contribution in [2.75, 3.05) is 6.54 Å². The van der Waals surface area contributed by atoms with E-state index in [2.05, 4.69) is 55.3 Å². The highest BCUT2D eigenvalue weighted by Gasteiger charge is 2.47. The molecule has 2 heterocycles. The lowest BCUT2D eigenvalue weighted by atomic mass is 9.64. The summed E-state index contributed by atoms with van der Waals surface area (Å²) < 4.78 is 0. The normalized spacial score (nSPS) is 32.9. The summed E-state index contributed by atoms with van der Waals surface area (Å²) in [6.07, 6.45) is 6.48. The van der Waals surface area contributed by atoms with Crippen LogP contribution in [0.2, 0.25) is 0 Å². The van der Waals surface area contributed by atoms with Gasteiger partial charge in [0.05, 0.1) is 0 Å². The van der Waals surface area contributed by atoms with E-state index in [9.17, 15) is 0 Å². The Morgan fingerprint density at radius 3 is 2.63 bits per heavy atom. The molecule has 4 rings (SSSR count). The van der Waals surface area contributed by atoms with Crippen molar-refractivity contribution in [1.82, 2.24) is 4.90 Å². The van der Waals surface area contributed by atoms with Crippen molar-refractivity contribution in [2.45, 2.75) is 37.8 Å². The van der Waals surface area contributed by atoms with Gasteiger partial charge in [-0.15, -0.1) is 13.2 Å². The summed E-state index contributed by atoms with van der Waals surface area (Å²) in [6.45, 7) is 11.3. The maximum Gasteiger partial charge on any atom is 0.0360 e. The maximum atomic E-state index is 3.96. The Balaban J connectivity index is 2.08. The molecule has 1 aromatic rings. The molecule has 1 nitrogen and oxygen atoms in total. The van der Waals surface area contributed by atoms with Gasteiger partial charge >= 0.3 is 0 Å². The molecule has 1 aromatic carbocycles. The Morgan fingerprint density at radius 2 is 1.95 bits per heavy atom. The second-order valence-electron chi connectivity index (χ2n) is 5.96. The molecule has 1 heteroatoms. The first-order valence-corrected chi connectivity index (χ1v) is 7.34. The van der Waals surface area contributed by atoms with Gasteiger partial charge in [0.1, 0.15) is 0 Å². The highest BCUT2D eigenvalue weighted by molar-refractivity contribution is 5.40. The zero-order valence-electron chi connectivity index (χ0n) is 11.8. The fourth-order valence-electron chi connectivity index (χ4n) is 4.25. The molecule has 0 unspecified atom stereocenters. The van der Waals surface area contributed by atoms with Crippen LogP contribution in [0.1, 0.15) is 42.9 Å². The Labute approximate surface area is 116 Å². The molecule has 100 valence electrons. The molecule has 4 atom stereocenters. The molecule has 1 aliphatic carbocycles. The monoisotopic (exact) mass is 253 g/mol. The third kappa shape index (κ3) is 1.88. The number of fused-ring (bicyclic) bond motifs is 2. The van der Waals surface area contributed by atoms with Crippen molar-refractivity contribution in [3.05, 3.63) is 60.7 Å². The topological polar surface area (TPSA) is 3.24 Å². The van der Waals surface area contributed by atoms with Gasteiger partial charge in [-0.25, -0.2) is 0 Å². The van der Waals surface area contributed by atoms with Crippen molar-refractivity contribution in [3.8, 4) is 0 Å². The van der Waals surface area contributed by atoms with E-state index < -0.39 is 0 Å². The van der Waals surface area contributed by atoms with Crippen molar-refractivity contribution in [1.29, 1.82) is 0 Å². The van der Waals surface area contributed by atoms with E-state index in [0.717, 1.165) is 18.9 Å². The zero-order chi connectivity index (χ0) is 13.4. The number of hydrogen-bond donors (Lipinski definition) is 0. The average molecular weight is 253 g/mol. The van der Waals surface area contributed by atoms with Crippen LogP contribution in [0.4, 0.5) is 0 Å². The van der Waals surface area contributed by atoms with Gasteiger partial charge in [0.2, 0.25) is 0 Å². The van der Waals surface area contributed by atoms with Crippen LogP contribution in [0.15, 0.2) is 49.6 Å². The summed E-state index contributed by atoms with van der Waals surface area (Å²) in [7, 11) is 0. The highest BCUT2D eigenvalue weighted by atomic mass is 15.2. The second kappa shape index (κ2) is 4.97. The van der Waals surface area contributed by atoms with Crippen LogP contribution in [0.5, 0.6) is 0 Å². The van der Waals surface area contributed by atoms with E-state index in [1.807, 2.05) is 6.08 Å². The first-order chi connectivity index (χ1) is 9.27. The molecule has 1 fully saturated rings. The van der Waals surface area contributed by atoms with Crippen LogP contribution in [-0.2, 0) is 0 Å². The van der Waals surface area contributed by atoms with Crippen LogP contribution in [0.3, 0.4) is 0 Å². The van der Waals surface area contributed by atoms with E-state index in [0.29, 0.717) is 18.0 Å². The number of benzene rings is 1. The number of hydrogen-bond acceptors (Lipinski definition) is 1. The quantitative estimate of drug-likeness (QED) is 0.723.